The molecule has 0 aliphatic carbocycles. The Morgan fingerprint density at radius 1 is 1.52 bits per heavy atom. The van der Waals surface area contributed by atoms with E-state index in [1.165, 1.54) is 12.0 Å². The van der Waals surface area contributed by atoms with Crippen LogP contribution >= 0.6 is 0 Å². The van der Waals surface area contributed by atoms with Gasteiger partial charge in [0.25, 0.3) is 5.91 Å². The molecule has 1 aromatic rings. The first kappa shape index (κ1) is 15.1. The van der Waals surface area contributed by atoms with Crippen LogP contribution in [0.1, 0.15) is 6.92 Å². The first-order chi connectivity index (χ1) is 10.0. The molecule has 1 aliphatic rings. The quantitative estimate of drug-likeness (QED) is 0.630. The number of esters is 1. The molecule has 0 fully saturated rings. The second kappa shape index (κ2) is 6.45. The summed E-state index contributed by atoms with van der Waals surface area (Å²) in [6, 6.07) is 5.07. The molecule has 1 unspecified atom stereocenters. The normalized spacial score (nSPS) is 15.1. The topological polar surface area (TPSA) is 91.1 Å². The maximum Gasteiger partial charge on any atom is 0.326 e. The van der Waals surface area contributed by atoms with Crippen molar-refractivity contribution >= 4 is 23.3 Å². The molecule has 1 aromatic carbocycles. The standard InChI is InChI=1S/C14H18N2O5/c1-9(7-19-2)21-13(18)6-16-12(17)8-20-11-5-3-4-10(15)14(11)16/h3-5,9H,6-8,15H2,1-2H3. The summed E-state index contributed by atoms with van der Waals surface area (Å²) in [7, 11) is 1.52. The highest BCUT2D eigenvalue weighted by molar-refractivity contribution is 6.04. The zero-order valence-electron chi connectivity index (χ0n) is 12.0. The molecule has 0 spiro atoms. The molecular formula is C14H18N2O5. The van der Waals surface area contributed by atoms with Gasteiger partial charge in [0.2, 0.25) is 0 Å². The van der Waals surface area contributed by atoms with E-state index >= 15 is 0 Å². The maximum atomic E-state index is 12.0. The summed E-state index contributed by atoms with van der Waals surface area (Å²) < 4.78 is 15.4. The number of nitrogen functional groups attached to an aromatic ring is 1. The average Bonchev–Trinajstić information content (AvgIpc) is 2.42. The van der Waals surface area contributed by atoms with Crippen molar-refractivity contribution < 1.29 is 23.8 Å². The van der Waals surface area contributed by atoms with Crippen LogP contribution in [0.3, 0.4) is 0 Å². The van der Waals surface area contributed by atoms with E-state index in [0.29, 0.717) is 23.7 Å². The van der Waals surface area contributed by atoms with Crippen molar-refractivity contribution in [2.75, 3.05) is 37.5 Å². The van der Waals surface area contributed by atoms with Crippen LogP contribution < -0.4 is 15.4 Å². The Kier molecular flexibility index (Phi) is 4.64. The third-order valence-corrected chi connectivity index (χ3v) is 2.97. The van der Waals surface area contributed by atoms with Crippen LogP contribution in [-0.4, -0.2) is 44.8 Å². The van der Waals surface area contributed by atoms with Crippen LogP contribution in [0, 0.1) is 0 Å². The maximum absolute atomic E-state index is 12.0. The number of benzene rings is 1. The minimum absolute atomic E-state index is 0.128. The molecule has 0 saturated heterocycles. The van der Waals surface area contributed by atoms with Gasteiger partial charge in [0.05, 0.1) is 12.3 Å². The number of methoxy groups -OCH3 is 1. The highest BCUT2D eigenvalue weighted by Crippen LogP contribution is 2.36. The van der Waals surface area contributed by atoms with Gasteiger partial charge in [-0.3, -0.25) is 14.5 Å². The third-order valence-electron chi connectivity index (χ3n) is 2.97. The summed E-state index contributed by atoms with van der Waals surface area (Å²) in [6.07, 6.45) is -0.383. The fourth-order valence-corrected chi connectivity index (χ4v) is 2.11. The van der Waals surface area contributed by atoms with Crippen LogP contribution in [0.4, 0.5) is 11.4 Å². The molecule has 1 amide bonds. The first-order valence-corrected chi connectivity index (χ1v) is 6.53. The number of fused-ring (bicyclic) bond motifs is 1. The number of rotatable bonds is 5. The Bertz CT molecular complexity index is 546. The number of nitrogens with zero attached hydrogens (tertiary/aromatic N) is 1. The van der Waals surface area contributed by atoms with Gasteiger partial charge in [-0.05, 0) is 19.1 Å². The summed E-state index contributed by atoms with van der Waals surface area (Å²) in [6.45, 7) is 1.67. The van der Waals surface area contributed by atoms with Crippen molar-refractivity contribution in [2.45, 2.75) is 13.0 Å². The Balaban J connectivity index is 2.13. The minimum Gasteiger partial charge on any atom is -0.481 e. The van der Waals surface area contributed by atoms with E-state index in [4.69, 9.17) is 19.9 Å². The predicted molar refractivity (Wildman–Crippen MR) is 76.1 cm³/mol. The lowest BCUT2D eigenvalue weighted by Crippen LogP contribution is -2.43. The molecule has 0 bridgehead atoms. The van der Waals surface area contributed by atoms with Gasteiger partial charge >= 0.3 is 5.97 Å². The zero-order chi connectivity index (χ0) is 15.4. The number of carbonyl (C=O) groups is 2. The Hall–Kier alpha value is -2.28. The summed E-state index contributed by atoms with van der Waals surface area (Å²) in [5.41, 5.74) is 6.65. The molecule has 2 N–H and O–H groups in total. The number of hydrogen-bond donors (Lipinski definition) is 1. The molecule has 2 rings (SSSR count). The van der Waals surface area contributed by atoms with Crippen molar-refractivity contribution in [1.29, 1.82) is 0 Å². The number of amides is 1. The summed E-state index contributed by atoms with van der Waals surface area (Å²) in [5, 5.41) is 0. The molecular weight excluding hydrogens is 276 g/mol. The molecule has 7 nitrogen and oxygen atoms in total. The number of nitrogens with two attached hydrogens (primary N) is 1. The SMILES string of the molecule is COCC(C)OC(=O)CN1C(=O)COc2cccc(N)c21. The highest BCUT2D eigenvalue weighted by Gasteiger charge is 2.29. The largest absolute Gasteiger partial charge is 0.481 e. The second-order valence-corrected chi connectivity index (χ2v) is 4.72. The van der Waals surface area contributed by atoms with E-state index < -0.39 is 5.97 Å². The Morgan fingerprint density at radius 2 is 2.29 bits per heavy atom. The van der Waals surface area contributed by atoms with E-state index in [0.717, 1.165) is 0 Å². The van der Waals surface area contributed by atoms with E-state index in [2.05, 4.69) is 0 Å². The van der Waals surface area contributed by atoms with Crippen molar-refractivity contribution in [3.05, 3.63) is 18.2 Å². The smallest absolute Gasteiger partial charge is 0.326 e. The molecule has 0 radical (unpaired) electrons. The van der Waals surface area contributed by atoms with Gasteiger partial charge in [0.1, 0.15) is 24.1 Å². The Morgan fingerprint density at radius 3 is 3.00 bits per heavy atom. The molecule has 1 heterocycles. The molecule has 0 saturated carbocycles. The van der Waals surface area contributed by atoms with E-state index in [1.54, 1.807) is 25.1 Å². The summed E-state index contributed by atoms with van der Waals surface area (Å²) >= 11 is 0. The molecule has 0 aromatic heterocycles. The lowest BCUT2D eigenvalue weighted by atomic mass is 10.2. The lowest BCUT2D eigenvalue weighted by Gasteiger charge is -2.29. The number of ether oxygens (including phenoxy) is 3. The van der Waals surface area contributed by atoms with Gasteiger partial charge in [-0.15, -0.1) is 0 Å². The fourth-order valence-electron chi connectivity index (χ4n) is 2.11. The summed E-state index contributed by atoms with van der Waals surface area (Å²) in [4.78, 5) is 25.2. The molecule has 7 heteroatoms. The highest BCUT2D eigenvalue weighted by atomic mass is 16.6. The van der Waals surface area contributed by atoms with Crippen LogP contribution in [0.25, 0.3) is 0 Å². The van der Waals surface area contributed by atoms with Crippen molar-refractivity contribution in [3.63, 3.8) is 0 Å². The zero-order valence-corrected chi connectivity index (χ0v) is 12.0. The van der Waals surface area contributed by atoms with Gasteiger partial charge in [-0.25, -0.2) is 0 Å². The molecule has 1 aliphatic heterocycles. The van der Waals surface area contributed by atoms with E-state index in [9.17, 15) is 9.59 Å². The third kappa shape index (κ3) is 3.43. The van der Waals surface area contributed by atoms with Gasteiger partial charge in [-0.2, -0.15) is 0 Å². The number of hydrogen-bond acceptors (Lipinski definition) is 6. The number of anilines is 2. The number of carbonyl (C=O) groups excluding carboxylic acids is 2. The van der Waals surface area contributed by atoms with Crippen LogP contribution in [0.5, 0.6) is 5.75 Å². The molecule has 1 atom stereocenters. The second-order valence-electron chi connectivity index (χ2n) is 4.72. The van der Waals surface area contributed by atoms with E-state index in [-0.39, 0.29) is 25.2 Å². The van der Waals surface area contributed by atoms with Crippen LogP contribution in [0.2, 0.25) is 0 Å². The van der Waals surface area contributed by atoms with Gasteiger partial charge < -0.3 is 19.9 Å². The van der Waals surface area contributed by atoms with Crippen molar-refractivity contribution in [2.24, 2.45) is 0 Å². The monoisotopic (exact) mass is 294 g/mol. The molecule has 114 valence electrons. The fraction of sp³-hybridized carbons (Fsp3) is 0.429. The van der Waals surface area contributed by atoms with Gasteiger partial charge in [0, 0.05) is 7.11 Å². The van der Waals surface area contributed by atoms with Crippen LogP contribution in [0.15, 0.2) is 18.2 Å². The summed E-state index contributed by atoms with van der Waals surface area (Å²) in [5.74, 6) is -0.381. The van der Waals surface area contributed by atoms with Gasteiger partial charge in [0.15, 0.2) is 6.61 Å². The van der Waals surface area contributed by atoms with Crippen molar-refractivity contribution in [1.82, 2.24) is 0 Å². The van der Waals surface area contributed by atoms with E-state index in [1.807, 2.05) is 0 Å². The first-order valence-electron chi connectivity index (χ1n) is 6.53. The lowest BCUT2D eigenvalue weighted by molar-refractivity contribution is -0.149. The predicted octanol–water partition coefficient (Wildman–Crippen LogP) is 0.572. The van der Waals surface area contributed by atoms with Crippen LogP contribution in [-0.2, 0) is 19.1 Å². The molecule has 21 heavy (non-hydrogen) atoms. The average molecular weight is 294 g/mol. The Labute approximate surface area is 122 Å². The van der Waals surface area contributed by atoms with Crippen molar-refractivity contribution in [3.8, 4) is 5.75 Å². The van der Waals surface area contributed by atoms with Gasteiger partial charge in [-0.1, -0.05) is 6.07 Å². The minimum atomic E-state index is -0.524. The number of para-hydroxylation sites is 1.